The van der Waals surface area contributed by atoms with Gasteiger partial charge in [-0.3, -0.25) is 4.79 Å². The zero-order chi connectivity index (χ0) is 22.3. The van der Waals surface area contributed by atoms with Gasteiger partial charge in [0.1, 0.15) is 5.82 Å². The third-order valence-corrected chi connectivity index (χ3v) is 6.47. The highest BCUT2D eigenvalue weighted by atomic mass is 19.1. The van der Waals surface area contributed by atoms with Gasteiger partial charge in [-0.15, -0.1) is 0 Å². The number of nitrogens with one attached hydrogen (secondary N) is 1. The normalized spacial score (nSPS) is 23.2. The van der Waals surface area contributed by atoms with Crippen molar-refractivity contribution < 1.29 is 13.9 Å². The van der Waals surface area contributed by atoms with Crippen LogP contribution in [0.15, 0.2) is 60.2 Å². The van der Waals surface area contributed by atoms with E-state index in [9.17, 15) is 9.18 Å². The van der Waals surface area contributed by atoms with Crippen LogP contribution in [0.2, 0.25) is 0 Å². The van der Waals surface area contributed by atoms with Gasteiger partial charge in [0.2, 0.25) is 5.91 Å². The first-order valence-electron chi connectivity index (χ1n) is 11.3. The van der Waals surface area contributed by atoms with Crippen molar-refractivity contribution in [3.8, 4) is 0 Å². The first kappa shape index (κ1) is 23.4. The highest BCUT2D eigenvalue weighted by Crippen LogP contribution is 2.34. The van der Waals surface area contributed by atoms with E-state index in [2.05, 4.69) is 41.9 Å². The second-order valence-electron chi connectivity index (χ2n) is 8.70. The maximum absolute atomic E-state index is 13.1. The third-order valence-electron chi connectivity index (χ3n) is 6.47. The molecule has 2 aliphatic heterocycles. The molecule has 31 heavy (non-hydrogen) atoms. The fraction of sp³-hybridized carbons (Fsp3) is 0.500. The van der Waals surface area contributed by atoms with Crippen LogP contribution in [0.5, 0.6) is 0 Å². The van der Waals surface area contributed by atoms with Crippen molar-refractivity contribution in [1.82, 2.24) is 10.2 Å². The lowest BCUT2D eigenvalue weighted by atomic mass is 9.84. The monoisotopic (exact) mass is 426 g/mol. The number of carbonyl (C=O) groups excluding carboxylic acids is 1. The van der Waals surface area contributed by atoms with E-state index in [0.717, 1.165) is 63.1 Å². The fourth-order valence-electron chi connectivity index (χ4n) is 4.26. The number of hydrogen-bond acceptors (Lipinski definition) is 3. The minimum absolute atomic E-state index is 0.0184. The molecule has 0 bridgehead atoms. The Bertz CT molecular complexity index is 820. The molecule has 1 N–H and O–H groups in total. The molecular formula is C26H35FN2O2. The van der Waals surface area contributed by atoms with E-state index in [1.807, 2.05) is 6.92 Å². The number of piperidine rings is 1. The Morgan fingerprint density at radius 3 is 2.68 bits per heavy atom. The van der Waals surface area contributed by atoms with Gasteiger partial charge in [-0.2, -0.15) is 0 Å². The van der Waals surface area contributed by atoms with Crippen LogP contribution in [-0.2, 0) is 9.53 Å². The molecule has 1 saturated heterocycles. The molecule has 168 valence electrons. The molecule has 0 aliphatic carbocycles. The van der Waals surface area contributed by atoms with Gasteiger partial charge in [0.05, 0.1) is 18.1 Å². The van der Waals surface area contributed by atoms with Crippen LogP contribution < -0.4 is 5.32 Å². The minimum Gasteiger partial charge on any atom is -0.370 e. The average Bonchev–Trinajstić information content (AvgIpc) is 2.84. The predicted octanol–water partition coefficient (Wildman–Crippen LogP) is 4.75. The predicted molar refractivity (Wildman–Crippen MR) is 123 cm³/mol. The van der Waals surface area contributed by atoms with Crippen LogP contribution in [-0.4, -0.2) is 49.2 Å². The number of hydrogen-bond donors (Lipinski definition) is 1. The minimum atomic E-state index is -0.286. The van der Waals surface area contributed by atoms with E-state index >= 15 is 0 Å². The summed E-state index contributed by atoms with van der Waals surface area (Å²) in [5, 5.41) is 3.01. The molecule has 1 unspecified atom stereocenters. The summed E-state index contributed by atoms with van der Waals surface area (Å²) in [7, 11) is 0. The Kier molecular flexibility index (Phi) is 8.22. The standard InChI is InChI=1S/C26H35FN2O2/c1-20-6-4-19-31-26(21(2)8-7-20)13-17-29(18-14-26)16-5-15-28-25(30)22(3)23-9-11-24(27)12-10-23/h6-12,22H,2,4-5,13-19H2,1,3H3,(H,28,30)/b8-7-,20-6-. The van der Waals surface area contributed by atoms with E-state index in [0.29, 0.717) is 6.54 Å². The third kappa shape index (κ3) is 6.37. The number of benzene rings is 1. The smallest absolute Gasteiger partial charge is 0.227 e. The molecule has 1 fully saturated rings. The van der Waals surface area contributed by atoms with Gasteiger partial charge in [0.25, 0.3) is 0 Å². The summed E-state index contributed by atoms with van der Waals surface area (Å²) < 4.78 is 19.4. The molecule has 0 aromatic heterocycles. The molecule has 4 nitrogen and oxygen atoms in total. The Labute approximate surface area is 185 Å². The van der Waals surface area contributed by atoms with Crippen LogP contribution in [0.3, 0.4) is 0 Å². The molecule has 1 spiro atoms. The second kappa shape index (κ2) is 10.9. The number of likely N-dealkylation sites (tertiary alicyclic amines) is 1. The highest BCUT2D eigenvalue weighted by Gasteiger charge is 2.37. The van der Waals surface area contributed by atoms with E-state index in [1.54, 1.807) is 12.1 Å². The Hall–Kier alpha value is -2.24. The summed E-state index contributed by atoms with van der Waals surface area (Å²) in [5.74, 6) is -0.588. The van der Waals surface area contributed by atoms with Crippen molar-refractivity contribution in [3.63, 3.8) is 0 Å². The van der Waals surface area contributed by atoms with E-state index < -0.39 is 0 Å². The lowest BCUT2D eigenvalue weighted by Crippen LogP contribution is -2.47. The number of halogens is 1. The number of amides is 1. The molecule has 2 heterocycles. The zero-order valence-electron chi connectivity index (χ0n) is 18.8. The van der Waals surface area contributed by atoms with Crippen LogP contribution in [0.25, 0.3) is 0 Å². The van der Waals surface area contributed by atoms with E-state index in [-0.39, 0.29) is 23.2 Å². The van der Waals surface area contributed by atoms with Crippen LogP contribution in [0.4, 0.5) is 4.39 Å². The second-order valence-corrected chi connectivity index (χ2v) is 8.70. The van der Waals surface area contributed by atoms with Gasteiger partial charge >= 0.3 is 0 Å². The maximum Gasteiger partial charge on any atom is 0.227 e. The molecule has 3 rings (SSSR count). The Morgan fingerprint density at radius 1 is 1.26 bits per heavy atom. The Morgan fingerprint density at radius 2 is 1.97 bits per heavy atom. The van der Waals surface area contributed by atoms with Crippen LogP contribution in [0, 0.1) is 5.82 Å². The topological polar surface area (TPSA) is 41.6 Å². The van der Waals surface area contributed by atoms with Crippen molar-refractivity contribution in [2.24, 2.45) is 0 Å². The largest absolute Gasteiger partial charge is 0.370 e. The van der Waals surface area contributed by atoms with Crippen molar-refractivity contribution in [1.29, 1.82) is 0 Å². The van der Waals surface area contributed by atoms with Gasteiger partial charge in [-0.25, -0.2) is 4.39 Å². The summed E-state index contributed by atoms with van der Waals surface area (Å²) in [4.78, 5) is 14.8. The molecule has 1 amide bonds. The fourth-order valence-corrected chi connectivity index (χ4v) is 4.26. The summed E-state index contributed by atoms with van der Waals surface area (Å²) in [6.07, 6.45) is 10.2. The van der Waals surface area contributed by atoms with Gasteiger partial charge in [0.15, 0.2) is 0 Å². The van der Waals surface area contributed by atoms with Crippen LogP contribution >= 0.6 is 0 Å². The summed E-state index contributed by atoms with van der Waals surface area (Å²) in [6.45, 7) is 12.5. The first-order chi connectivity index (χ1) is 14.9. The lowest BCUT2D eigenvalue weighted by Gasteiger charge is -2.42. The summed E-state index contributed by atoms with van der Waals surface area (Å²) >= 11 is 0. The number of nitrogens with zero attached hydrogens (tertiary/aromatic N) is 1. The van der Waals surface area contributed by atoms with Gasteiger partial charge in [-0.1, -0.05) is 42.5 Å². The molecule has 1 aromatic rings. The number of ether oxygens (including phenoxy) is 1. The molecular weight excluding hydrogens is 391 g/mol. The van der Waals surface area contributed by atoms with Gasteiger partial charge < -0.3 is 15.0 Å². The quantitative estimate of drug-likeness (QED) is 0.668. The molecule has 1 atom stereocenters. The number of carbonyl (C=O) groups is 1. The Balaban J connectivity index is 1.40. The average molecular weight is 427 g/mol. The molecule has 5 heteroatoms. The van der Waals surface area contributed by atoms with Crippen molar-refractivity contribution in [2.45, 2.75) is 51.0 Å². The van der Waals surface area contributed by atoms with E-state index in [4.69, 9.17) is 4.74 Å². The first-order valence-corrected chi connectivity index (χ1v) is 11.3. The molecule has 0 saturated carbocycles. The summed E-state index contributed by atoms with van der Waals surface area (Å²) in [6, 6.07) is 6.13. The van der Waals surface area contributed by atoms with Gasteiger partial charge in [0, 0.05) is 19.6 Å². The van der Waals surface area contributed by atoms with Crippen LogP contribution in [0.1, 0.15) is 51.0 Å². The molecule has 0 radical (unpaired) electrons. The number of rotatable bonds is 6. The van der Waals surface area contributed by atoms with Crippen molar-refractivity contribution >= 4 is 5.91 Å². The maximum atomic E-state index is 13.1. The highest BCUT2D eigenvalue weighted by molar-refractivity contribution is 5.83. The van der Waals surface area contributed by atoms with Crippen molar-refractivity contribution in [2.75, 3.05) is 32.8 Å². The van der Waals surface area contributed by atoms with Gasteiger partial charge in [-0.05, 0) is 69.3 Å². The molecule has 1 aromatic carbocycles. The summed E-state index contributed by atoms with van der Waals surface area (Å²) in [5.41, 5.74) is 2.92. The van der Waals surface area contributed by atoms with E-state index in [1.165, 1.54) is 17.7 Å². The SMILES string of the molecule is C=C1/C=C\C(C)=C/CCOC12CCN(CCCNC(=O)C(C)c1ccc(F)cc1)CC2. The number of allylic oxidation sites excluding steroid dienone is 2. The molecule has 2 aliphatic rings. The lowest BCUT2D eigenvalue weighted by molar-refractivity contribution is -0.122. The zero-order valence-corrected chi connectivity index (χ0v) is 18.8. The van der Waals surface area contributed by atoms with Crippen molar-refractivity contribution in [3.05, 3.63) is 71.6 Å².